The number of ether oxygens (including phenoxy) is 1. The Hall–Kier alpha value is -2.96. The van der Waals surface area contributed by atoms with E-state index >= 15 is 0 Å². The number of nitrogens with one attached hydrogen (secondary N) is 1. The van der Waals surface area contributed by atoms with Crippen molar-refractivity contribution in [1.82, 2.24) is 19.7 Å². The minimum Gasteiger partial charge on any atom is -0.375 e. The zero-order valence-corrected chi connectivity index (χ0v) is 15.5. The molecule has 0 radical (unpaired) electrons. The number of fused-ring (bicyclic) bond motifs is 1. The van der Waals surface area contributed by atoms with Crippen molar-refractivity contribution < 1.29 is 4.74 Å². The first kappa shape index (κ1) is 17.5. The molecule has 0 aliphatic heterocycles. The van der Waals surface area contributed by atoms with E-state index in [9.17, 15) is 0 Å². The number of aromatic nitrogens is 4. The van der Waals surface area contributed by atoms with Gasteiger partial charge in [-0.05, 0) is 29.8 Å². The SMILES string of the molecule is COC(CNc1ncnc2c1cnn2-c1ccccc1)c1cccc(Cl)c1. The van der Waals surface area contributed by atoms with Gasteiger partial charge in [0.15, 0.2) is 5.65 Å². The van der Waals surface area contributed by atoms with Gasteiger partial charge in [-0.25, -0.2) is 14.6 Å². The summed E-state index contributed by atoms with van der Waals surface area (Å²) < 4.78 is 7.41. The van der Waals surface area contributed by atoms with Crippen LogP contribution in [0.3, 0.4) is 0 Å². The first-order valence-corrected chi connectivity index (χ1v) is 8.90. The van der Waals surface area contributed by atoms with E-state index in [1.54, 1.807) is 18.0 Å². The molecule has 136 valence electrons. The second-order valence-electron chi connectivity index (χ2n) is 6.01. The molecule has 1 atom stereocenters. The van der Waals surface area contributed by atoms with Crippen molar-refractivity contribution in [3.63, 3.8) is 0 Å². The lowest BCUT2D eigenvalue weighted by Gasteiger charge is -2.17. The second-order valence-corrected chi connectivity index (χ2v) is 6.45. The summed E-state index contributed by atoms with van der Waals surface area (Å²) in [4.78, 5) is 8.77. The fourth-order valence-corrected chi connectivity index (χ4v) is 3.18. The smallest absolute Gasteiger partial charge is 0.168 e. The van der Waals surface area contributed by atoms with Crippen LogP contribution in [0.15, 0.2) is 67.1 Å². The summed E-state index contributed by atoms with van der Waals surface area (Å²) in [7, 11) is 1.68. The normalized spacial score (nSPS) is 12.2. The van der Waals surface area contributed by atoms with E-state index in [1.165, 1.54) is 6.33 Å². The minimum absolute atomic E-state index is 0.155. The van der Waals surface area contributed by atoms with Crippen LogP contribution >= 0.6 is 11.6 Å². The molecular weight excluding hydrogens is 362 g/mol. The Labute approximate surface area is 161 Å². The van der Waals surface area contributed by atoms with Crippen molar-refractivity contribution in [1.29, 1.82) is 0 Å². The highest BCUT2D eigenvalue weighted by Crippen LogP contribution is 2.24. The second kappa shape index (κ2) is 7.73. The summed E-state index contributed by atoms with van der Waals surface area (Å²) >= 11 is 6.09. The van der Waals surface area contributed by atoms with E-state index in [2.05, 4.69) is 20.4 Å². The predicted octanol–water partition coefficient (Wildman–Crippen LogP) is 4.27. The van der Waals surface area contributed by atoms with Gasteiger partial charge in [0, 0.05) is 18.7 Å². The first-order chi connectivity index (χ1) is 13.3. The number of methoxy groups -OCH3 is 1. The van der Waals surface area contributed by atoms with Gasteiger partial charge in [0.2, 0.25) is 0 Å². The minimum atomic E-state index is -0.155. The van der Waals surface area contributed by atoms with E-state index in [-0.39, 0.29) is 6.10 Å². The van der Waals surface area contributed by atoms with Gasteiger partial charge in [0.1, 0.15) is 12.1 Å². The van der Waals surface area contributed by atoms with Gasteiger partial charge in [-0.15, -0.1) is 0 Å². The molecule has 27 heavy (non-hydrogen) atoms. The highest BCUT2D eigenvalue weighted by molar-refractivity contribution is 6.30. The van der Waals surface area contributed by atoms with Crippen molar-refractivity contribution in [2.75, 3.05) is 19.0 Å². The van der Waals surface area contributed by atoms with Crippen molar-refractivity contribution in [2.24, 2.45) is 0 Å². The fourth-order valence-electron chi connectivity index (χ4n) is 2.98. The Bertz CT molecular complexity index is 1050. The van der Waals surface area contributed by atoms with Gasteiger partial charge in [-0.3, -0.25) is 0 Å². The predicted molar refractivity (Wildman–Crippen MR) is 106 cm³/mol. The molecule has 0 saturated heterocycles. The molecule has 0 aliphatic carbocycles. The Morgan fingerprint density at radius 2 is 1.96 bits per heavy atom. The molecule has 2 aromatic carbocycles. The third-order valence-corrected chi connectivity index (χ3v) is 4.56. The molecule has 4 rings (SSSR count). The maximum Gasteiger partial charge on any atom is 0.168 e. The summed E-state index contributed by atoms with van der Waals surface area (Å²) in [6.07, 6.45) is 3.15. The van der Waals surface area contributed by atoms with Crippen LogP contribution in [-0.2, 0) is 4.74 Å². The van der Waals surface area contributed by atoms with Crippen LogP contribution in [0.4, 0.5) is 5.82 Å². The van der Waals surface area contributed by atoms with E-state index in [4.69, 9.17) is 16.3 Å². The van der Waals surface area contributed by atoms with Gasteiger partial charge >= 0.3 is 0 Å². The molecule has 7 heteroatoms. The number of benzene rings is 2. The van der Waals surface area contributed by atoms with Crippen molar-refractivity contribution in [2.45, 2.75) is 6.10 Å². The zero-order valence-electron chi connectivity index (χ0n) is 14.7. The molecule has 4 aromatic rings. The van der Waals surface area contributed by atoms with Crippen LogP contribution in [0, 0.1) is 0 Å². The fraction of sp³-hybridized carbons (Fsp3) is 0.150. The van der Waals surface area contributed by atoms with Crippen LogP contribution in [0.25, 0.3) is 16.7 Å². The standard InChI is InChI=1S/C20H18ClN5O/c1-27-18(14-6-5-7-15(21)10-14)12-22-19-17-11-25-26(20(17)24-13-23-19)16-8-3-2-4-9-16/h2-11,13,18H,12H2,1H3,(H,22,23,24). The van der Waals surface area contributed by atoms with Crippen LogP contribution < -0.4 is 5.32 Å². The summed E-state index contributed by atoms with van der Waals surface area (Å²) in [6.45, 7) is 0.541. The number of halogens is 1. The van der Waals surface area contributed by atoms with E-state index < -0.39 is 0 Å². The summed E-state index contributed by atoms with van der Waals surface area (Å²) in [5.41, 5.74) is 2.70. The molecule has 6 nitrogen and oxygen atoms in total. The average Bonchev–Trinajstić information content (AvgIpc) is 3.14. The topological polar surface area (TPSA) is 64.9 Å². The molecule has 0 fully saturated rings. The van der Waals surface area contributed by atoms with E-state index in [0.29, 0.717) is 17.4 Å². The summed E-state index contributed by atoms with van der Waals surface area (Å²) in [5, 5.41) is 9.35. The van der Waals surface area contributed by atoms with Gasteiger partial charge < -0.3 is 10.1 Å². The lowest BCUT2D eigenvalue weighted by Crippen LogP contribution is -2.15. The van der Waals surface area contributed by atoms with Crippen molar-refractivity contribution in [3.05, 3.63) is 77.7 Å². The third-order valence-electron chi connectivity index (χ3n) is 4.33. The molecule has 2 heterocycles. The third kappa shape index (κ3) is 3.63. The number of nitrogens with zero attached hydrogens (tertiary/aromatic N) is 4. The highest BCUT2D eigenvalue weighted by Gasteiger charge is 2.14. The molecular formula is C20H18ClN5O. The molecule has 0 aliphatic rings. The van der Waals surface area contributed by atoms with Crippen molar-refractivity contribution >= 4 is 28.5 Å². The molecule has 0 spiro atoms. The molecule has 0 bridgehead atoms. The molecule has 0 amide bonds. The van der Waals surface area contributed by atoms with Gasteiger partial charge in [0.05, 0.1) is 23.4 Å². The number of rotatable bonds is 6. The number of hydrogen-bond acceptors (Lipinski definition) is 5. The lowest BCUT2D eigenvalue weighted by atomic mass is 10.1. The number of anilines is 1. The molecule has 2 aromatic heterocycles. The number of para-hydroxylation sites is 1. The molecule has 1 unspecified atom stereocenters. The van der Waals surface area contributed by atoms with Gasteiger partial charge in [0.25, 0.3) is 0 Å². The number of hydrogen-bond donors (Lipinski definition) is 1. The van der Waals surface area contributed by atoms with Crippen LogP contribution in [0.2, 0.25) is 5.02 Å². The van der Waals surface area contributed by atoms with E-state index in [0.717, 1.165) is 22.3 Å². The maximum atomic E-state index is 6.09. The van der Waals surface area contributed by atoms with Crippen LogP contribution in [-0.4, -0.2) is 33.4 Å². The van der Waals surface area contributed by atoms with Crippen LogP contribution in [0.1, 0.15) is 11.7 Å². The Balaban J connectivity index is 1.60. The maximum absolute atomic E-state index is 6.09. The quantitative estimate of drug-likeness (QED) is 0.542. The van der Waals surface area contributed by atoms with Gasteiger partial charge in [-0.2, -0.15) is 5.10 Å². The summed E-state index contributed by atoms with van der Waals surface area (Å²) in [6, 6.07) is 17.5. The van der Waals surface area contributed by atoms with Gasteiger partial charge in [-0.1, -0.05) is 41.9 Å². The average molecular weight is 380 g/mol. The zero-order chi connectivity index (χ0) is 18.6. The van der Waals surface area contributed by atoms with Crippen molar-refractivity contribution in [3.8, 4) is 5.69 Å². The Morgan fingerprint density at radius 3 is 2.74 bits per heavy atom. The Morgan fingerprint density at radius 1 is 1.11 bits per heavy atom. The summed E-state index contributed by atoms with van der Waals surface area (Å²) in [5.74, 6) is 0.714. The van der Waals surface area contributed by atoms with Crippen LogP contribution in [0.5, 0.6) is 0 Å². The first-order valence-electron chi connectivity index (χ1n) is 8.52. The highest BCUT2D eigenvalue weighted by atomic mass is 35.5. The van der Waals surface area contributed by atoms with E-state index in [1.807, 2.05) is 54.6 Å². The molecule has 0 saturated carbocycles. The Kier molecular flexibility index (Phi) is 5.00. The largest absolute Gasteiger partial charge is 0.375 e. The molecule has 1 N–H and O–H groups in total. The monoisotopic (exact) mass is 379 g/mol. The lowest BCUT2D eigenvalue weighted by molar-refractivity contribution is 0.114.